The molecule has 0 amide bonds. The van der Waals surface area contributed by atoms with Gasteiger partial charge in [-0.1, -0.05) is 40.7 Å². The lowest BCUT2D eigenvalue weighted by Gasteiger charge is -2.29. The van der Waals surface area contributed by atoms with Gasteiger partial charge in [-0.3, -0.25) is 0 Å². The van der Waals surface area contributed by atoms with Gasteiger partial charge in [0.15, 0.2) is 0 Å². The Morgan fingerprint density at radius 1 is 1.14 bits per heavy atom. The quantitative estimate of drug-likeness (QED) is 0.180. The molecule has 0 saturated carbocycles. The van der Waals surface area contributed by atoms with Gasteiger partial charge in [0.1, 0.15) is 18.2 Å². The maximum Gasteiger partial charge on any atom is 0.338 e. The number of benzene rings is 3. The number of hydrogen-bond acceptors (Lipinski definition) is 4. The normalized spacial score (nSPS) is 11.2. The van der Waals surface area contributed by atoms with Crippen LogP contribution in [0.4, 0.5) is 10.1 Å². The minimum Gasteiger partial charge on any atom is -0.488 e. The molecule has 0 aliphatic carbocycles. The van der Waals surface area contributed by atoms with Gasteiger partial charge in [0.05, 0.1) is 12.2 Å². The number of nitrogens with zero attached hydrogens (tertiary/aromatic N) is 1. The molecular weight excluding hydrogens is 545 g/mol. The summed E-state index contributed by atoms with van der Waals surface area (Å²) in [6, 6.07) is 17.4. The molecule has 4 nitrogen and oxygen atoms in total. The Morgan fingerprint density at radius 2 is 1.92 bits per heavy atom. The summed E-state index contributed by atoms with van der Waals surface area (Å²) in [7, 11) is 0. The third-order valence-corrected chi connectivity index (χ3v) is 6.39. The van der Waals surface area contributed by atoms with Crippen molar-refractivity contribution in [2.24, 2.45) is 0 Å². The second-order valence-electron chi connectivity index (χ2n) is 7.96. The molecule has 0 unspecified atom stereocenters. The number of carbonyl (C=O) groups excluding carboxylic acids is 1. The van der Waals surface area contributed by atoms with E-state index >= 15 is 0 Å². The van der Waals surface area contributed by atoms with Gasteiger partial charge in [0.25, 0.3) is 0 Å². The third kappa shape index (κ3) is 6.56. The molecule has 3 aromatic carbocycles. The molecule has 0 atom stereocenters. The van der Waals surface area contributed by atoms with Gasteiger partial charge >= 0.3 is 5.97 Å². The highest BCUT2D eigenvalue weighted by atomic mass is 79.9. The van der Waals surface area contributed by atoms with E-state index in [0.717, 1.165) is 27.0 Å². The van der Waals surface area contributed by atoms with E-state index in [-0.39, 0.29) is 24.3 Å². The predicted octanol–water partition coefficient (Wildman–Crippen LogP) is 8.48. The van der Waals surface area contributed by atoms with Gasteiger partial charge in [-0.05, 0) is 80.4 Å². The van der Waals surface area contributed by atoms with Crippen LogP contribution in [0, 0.1) is 5.82 Å². The summed E-state index contributed by atoms with van der Waals surface area (Å²) in [4.78, 5) is 14.3. The fourth-order valence-corrected chi connectivity index (χ4v) is 4.29. The number of alkyl halides is 1. The van der Waals surface area contributed by atoms with E-state index in [9.17, 15) is 9.18 Å². The van der Waals surface area contributed by atoms with Gasteiger partial charge < -0.3 is 14.4 Å². The molecule has 188 valence electrons. The molecule has 0 bridgehead atoms. The van der Waals surface area contributed by atoms with Crippen LogP contribution in [-0.4, -0.2) is 12.6 Å². The number of halogens is 3. The summed E-state index contributed by atoms with van der Waals surface area (Å²) in [5.74, 6) is 0.0589. The number of rotatable bonds is 10. The highest BCUT2D eigenvalue weighted by Gasteiger charge is 2.20. The molecule has 3 rings (SSSR count). The van der Waals surface area contributed by atoms with Crippen LogP contribution < -0.4 is 9.64 Å². The largest absolute Gasteiger partial charge is 0.488 e. The van der Waals surface area contributed by atoms with E-state index in [4.69, 9.17) is 21.1 Å². The Labute approximate surface area is 225 Å². The monoisotopic (exact) mass is 571 g/mol. The van der Waals surface area contributed by atoms with Crippen molar-refractivity contribution in [3.8, 4) is 5.75 Å². The van der Waals surface area contributed by atoms with Crippen molar-refractivity contribution in [3.63, 3.8) is 0 Å². The molecule has 0 radical (unpaired) electrons. The highest BCUT2D eigenvalue weighted by molar-refractivity contribution is 9.10. The number of anilines is 1. The zero-order valence-electron chi connectivity index (χ0n) is 20.5. The van der Waals surface area contributed by atoms with E-state index in [1.54, 1.807) is 25.1 Å². The minimum absolute atomic E-state index is 0.182. The van der Waals surface area contributed by atoms with Gasteiger partial charge in [-0.15, -0.1) is 11.6 Å². The molecule has 0 fully saturated rings. The van der Waals surface area contributed by atoms with Crippen LogP contribution in [0.25, 0.3) is 5.70 Å². The summed E-state index contributed by atoms with van der Waals surface area (Å²) in [6.45, 7) is 10.6. The Balaban J connectivity index is 1.99. The topological polar surface area (TPSA) is 38.8 Å². The Bertz CT molecular complexity index is 1290. The second-order valence-corrected chi connectivity index (χ2v) is 9.14. The fourth-order valence-electron chi connectivity index (χ4n) is 3.68. The van der Waals surface area contributed by atoms with Crippen LogP contribution in [0.2, 0.25) is 0 Å². The van der Waals surface area contributed by atoms with Crippen molar-refractivity contribution in [2.75, 3.05) is 11.5 Å². The Morgan fingerprint density at radius 3 is 2.61 bits per heavy atom. The van der Waals surface area contributed by atoms with Gasteiger partial charge in [-0.2, -0.15) is 0 Å². The van der Waals surface area contributed by atoms with E-state index in [0.29, 0.717) is 29.2 Å². The number of esters is 1. The first-order valence-electron chi connectivity index (χ1n) is 11.4. The van der Waals surface area contributed by atoms with E-state index in [1.165, 1.54) is 12.1 Å². The summed E-state index contributed by atoms with van der Waals surface area (Å²) in [6.07, 6.45) is 1.96. The van der Waals surface area contributed by atoms with Gasteiger partial charge in [0, 0.05) is 33.0 Å². The van der Waals surface area contributed by atoms with Crippen LogP contribution in [0.3, 0.4) is 0 Å². The van der Waals surface area contributed by atoms with E-state index in [1.807, 2.05) is 55.2 Å². The first kappa shape index (κ1) is 27.5. The summed E-state index contributed by atoms with van der Waals surface area (Å²) in [5, 5.41) is 0. The molecule has 0 aliphatic rings. The first-order valence-corrected chi connectivity index (χ1v) is 12.8. The van der Waals surface area contributed by atoms with Gasteiger partial charge in [-0.25, -0.2) is 9.18 Å². The standard InChI is InChI=1S/C29H28BrClFNO3/c1-5-19(3)33(26-9-7-8-21(15-26)29(34)35-6-2)20(4)27-16-24(30)11-13-28(27)36-18-22-10-12-25(32)14-23(22)17-31/h5,7-16H,4,6,17-18H2,1-3H3/b19-5-. The summed E-state index contributed by atoms with van der Waals surface area (Å²) >= 11 is 9.56. The lowest BCUT2D eigenvalue weighted by molar-refractivity contribution is 0.0526. The van der Waals surface area contributed by atoms with Crippen LogP contribution >= 0.6 is 27.5 Å². The molecular formula is C29H28BrClFNO3. The first-order chi connectivity index (χ1) is 17.3. The van der Waals surface area contributed by atoms with Crippen molar-refractivity contribution >= 4 is 44.9 Å². The predicted molar refractivity (Wildman–Crippen MR) is 148 cm³/mol. The van der Waals surface area contributed by atoms with Crippen molar-refractivity contribution in [1.29, 1.82) is 0 Å². The van der Waals surface area contributed by atoms with Crippen molar-refractivity contribution < 1.29 is 18.7 Å². The van der Waals surface area contributed by atoms with Gasteiger partial charge in [0.2, 0.25) is 0 Å². The molecule has 7 heteroatoms. The third-order valence-electron chi connectivity index (χ3n) is 5.60. The van der Waals surface area contributed by atoms with Crippen molar-refractivity contribution in [2.45, 2.75) is 33.3 Å². The molecule has 0 heterocycles. The smallest absolute Gasteiger partial charge is 0.338 e. The fraction of sp³-hybridized carbons (Fsp3) is 0.207. The number of carbonyl (C=O) groups is 1. The lowest BCUT2D eigenvalue weighted by atomic mass is 10.1. The zero-order valence-corrected chi connectivity index (χ0v) is 22.8. The average molecular weight is 573 g/mol. The number of hydrogen-bond donors (Lipinski definition) is 0. The molecule has 0 N–H and O–H groups in total. The van der Waals surface area contributed by atoms with Crippen LogP contribution in [-0.2, 0) is 17.2 Å². The number of allylic oxidation sites excluding steroid dienone is 2. The maximum absolute atomic E-state index is 13.6. The van der Waals surface area contributed by atoms with Crippen LogP contribution in [0.15, 0.2) is 83.5 Å². The molecule has 36 heavy (non-hydrogen) atoms. The minimum atomic E-state index is -0.385. The van der Waals surface area contributed by atoms with E-state index in [2.05, 4.69) is 22.5 Å². The SMILES string of the molecule is C=C(c1cc(Br)ccc1OCc1ccc(F)cc1CCl)N(/C(C)=C\C)c1cccc(C(=O)OCC)c1. The average Bonchev–Trinajstić information content (AvgIpc) is 2.88. The summed E-state index contributed by atoms with van der Waals surface area (Å²) in [5.41, 5.74) is 5.00. The molecule has 0 aromatic heterocycles. The Hall–Kier alpha value is -3.09. The zero-order chi connectivity index (χ0) is 26.2. The van der Waals surface area contributed by atoms with Crippen molar-refractivity contribution in [3.05, 3.63) is 112 Å². The highest BCUT2D eigenvalue weighted by Crippen LogP contribution is 2.36. The van der Waals surface area contributed by atoms with Crippen molar-refractivity contribution in [1.82, 2.24) is 0 Å². The molecule has 0 spiro atoms. The van der Waals surface area contributed by atoms with Crippen LogP contribution in [0.1, 0.15) is 47.8 Å². The van der Waals surface area contributed by atoms with Crippen LogP contribution in [0.5, 0.6) is 5.75 Å². The molecule has 0 saturated heterocycles. The Kier molecular flexibility index (Phi) is 9.73. The maximum atomic E-state index is 13.6. The second kappa shape index (κ2) is 12.7. The van der Waals surface area contributed by atoms with E-state index < -0.39 is 0 Å². The molecule has 0 aliphatic heterocycles. The molecule has 3 aromatic rings. The summed E-state index contributed by atoms with van der Waals surface area (Å²) < 4.78 is 25.9. The number of ether oxygens (including phenoxy) is 2. The lowest BCUT2D eigenvalue weighted by Crippen LogP contribution is -2.20.